The van der Waals surface area contributed by atoms with Crippen molar-refractivity contribution in [3.63, 3.8) is 0 Å². The van der Waals surface area contributed by atoms with Crippen molar-refractivity contribution in [1.82, 2.24) is 4.90 Å². The maximum atomic E-state index is 13.3. The van der Waals surface area contributed by atoms with E-state index in [-0.39, 0.29) is 28.6 Å². The number of nitrogens with zero attached hydrogens (tertiary/aromatic N) is 2. The normalized spacial score (nSPS) is 40.6. The molecular formula is C24H30N2O4. The van der Waals surface area contributed by atoms with E-state index in [9.17, 15) is 9.59 Å². The topological polar surface area (TPSA) is 59.1 Å². The Hall–Kier alpha value is -2.08. The van der Waals surface area contributed by atoms with Crippen LogP contribution in [0.25, 0.3) is 0 Å². The Morgan fingerprint density at radius 3 is 2.67 bits per heavy atom. The molecule has 5 unspecified atom stereocenters. The first kappa shape index (κ1) is 18.7. The minimum Gasteiger partial charge on any atom is -0.495 e. The number of hydrogen-bond donors (Lipinski definition) is 0. The molecular weight excluding hydrogens is 380 g/mol. The molecule has 7 rings (SSSR count). The molecule has 0 radical (unpaired) electrons. The smallest absolute Gasteiger partial charge is 0.311 e. The first-order valence-electron chi connectivity index (χ1n) is 11.3. The molecule has 5 fully saturated rings. The lowest BCUT2D eigenvalue weighted by atomic mass is 9.38. The van der Waals surface area contributed by atoms with E-state index in [2.05, 4.69) is 17.0 Å². The van der Waals surface area contributed by atoms with E-state index in [4.69, 9.17) is 9.47 Å². The van der Waals surface area contributed by atoms with E-state index < -0.39 is 5.54 Å². The van der Waals surface area contributed by atoms with Gasteiger partial charge >= 0.3 is 5.97 Å². The third-order valence-electron chi connectivity index (χ3n) is 9.41. The van der Waals surface area contributed by atoms with Crippen LogP contribution in [0.5, 0.6) is 5.75 Å². The lowest BCUT2D eigenvalue weighted by molar-refractivity contribution is -0.175. The predicted molar refractivity (Wildman–Crippen MR) is 112 cm³/mol. The van der Waals surface area contributed by atoms with Crippen molar-refractivity contribution in [3.05, 3.63) is 23.8 Å². The summed E-state index contributed by atoms with van der Waals surface area (Å²) in [5.41, 5.74) is 1.43. The molecule has 160 valence electrons. The molecule has 2 bridgehead atoms. The molecule has 1 aromatic rings. The van der Waals surface area contributed by atoms with Gasteiger partial charge in [0.2, 0.25) is 5.91 Å². The number of fused-ring (bicyclic) bond motifs is 3. The quantitative estimate of drug-likeness (QED) is 0.702. The van der Waals surface area contributed by atoms with Crippen molar-refractivity contribution in [2.24, 2.45) is 11.3 Å². The average molecular weight is 411 g/mol. The zero-order valence-electron chi connectivity index (χ0n) is 18.1. The zero-order valence-corrected chi connectivity index (χ0v) is 18.1. The lowest BCUT2D eigenvalue weighted by Gasteiger charge is -2.70. The Balaban J connectivity index is 1.72. The second-order valence-corrected chi connectivity index (χ2v) is 10.0. The van der Waals surface area contributed by atoms with Crippen molar-refractivity contribution in [2.75, 3.05) is 32.2 Å². The third kappa shape index (κ3) is 1.75. The van der Waals surface area contributed by atoms with E-state index in [0.29, 0.717) is 6.04 Å². The molecule has 3 saturated carbocycles. The number of carbonyl (C=O) groups excluding carboxylic acids is 2. The van der Waals surface area contributed by atoms with Gasteiger partial charge in [-0.05, 0) is 68.7 Å². The number of amides is 1. The summed E-state index contributed by atoms with van der Waals surface area (Å²) in [5.74, 6) is 0.270. The molecule has 6 nitrogen and oxygen atoms in total. The Bertz CT molecular complexity index is 963. The maximum Gasteiger partial charge on any atom is 0.311 e. The molecule has 6 heteroatoms. The SMILES string of the molecule is COC(=O)C1CC23CCCN4CCC5(c6cccc(OC)c6N(C(C)=O)C15CC2)C43. The Morgan fingerprint density at radius 2 is 1.93 bits per heavy atom. The number of methoxy groups -OCH3 is 2. The Labute approximate surface area is 177 Å². The van der Waals surface area contributed by atoms with Gasteiger partial charge in [0.15, 0.2) is 0 Å². The summed E-state index contributed by atoms with van der Waals surface area (Å²) in [6, 6.07) is 6.58. The van der Waals surface area contributed by atoms with Gasteiger partial charge in [0.05, 0.1) is 31.4 Å². The third-order valence-corrected chi connectivity index (χ3v) is 9.41. The van der Waals surface area contributed by atoms with Crippen LogP contribution in [0.3, 0.4) is 0 Å². The van der Waals surface area contributed by atoms with Crippen LogP contribution in [0.15, 0.2) is 18.2 Å². The van der Waals surface area contributed by atoms with Gasteiger partial charge in [-0.3, -0.25) is 14.5 Å². The first-order valence-corrected chi connectivity index (χ1v) is 11.3. The van der Waals surface area contributed by atoms with Gasteiger partial charge in [0, 0.05) is 18.4 Å². The Kier molecular flexibility index (Phi) is 3.60. The maximum absolute atomic E-state index is 13.3. The van der Waals surface area contributed by atoms with Gasteiger partial charge < -0.3 is 14.4 Å². The van der Waals surface area contributed by atoms with Crippen LogP contribution < -0.4 is 9.64 Å². The summed E-state index contributed by atoms with van der Waals surface area (Å²) < 4.78 is 11.2. The fourth-order valence-corrected chi connectivity index (χ4v) is 8.89. The van der Waals surface area contributed by atoms with Gasteiger partial charge in [-0.2, -0.15) is 0 Å². The number of carbonyl (C=O) groups is 2. The summed E-state index contributed by atoms with van der Waals surface area (Å²) in [4.78, 5) is 31.3. The molecule has 0 N–H and O–H groups in total. The summed E-state index contributed by atoms with van der Waals surface area (Å²) in [7, 11) is 3.16. The second kappa shape index (κ2) is 5.78. The highest BCUT2D eigenvalue weighted by Crippen LogP contribution is 2.76. The van der Waals surface area contributed by atoms with Crippen LogP contribution in [0.4, 0.5) is 5.69 Å². The van der Waals surface area contributed by atoms with Gasteiger partial charge in [-0.15, -0.1) is 0 Å². The van der Waals surface area contributed by atoms with Crippen LogP contribution >= 0.6 is 0 Å². The monoisotopic (exact) mass is 410 g/mol. The molecule has 1 aromatic carbocycles. The molecule has 6 aliphatic rings. The number of anilines is 1. The molecule has 1 amide bonds. The minimum absolute atomic E-state index is 0.00446. The highest BCUT2D eigenvalue weighted by molar-refractivity contribution is 6.01. The summed E-state index contributed by atoms with van der Waals surface area (Å²) >= 11 is 0. The second-order valence-electron chi connectivity index (χ2n) is 10.0. The van der Waals surface area contributed by atoms with Crippen molar-refractivity contribution < 1.29 is 19.1 Å². The molecule has 2 saturated heterocycles. The fraction of sp³-hybridized carbons (Fsp3) is 0.667. The lowest BCUT2D eigenvalue weighted by Crippen LogP contribution is -2.79. The molecule has 0 aromatic heterocycles. The molecule has 3 spiro atoms. The van der Waals surface area contributed by atoms with Crippen LogP contribution in [0, 0.1) is 11.3 Å². The number of hydrogen-bond acceptors (Lipinski definition) is 5. The summed E-state index contributed by atoms with van der Waals surface area (Å²) in [6.07, 6.45) is 6.09. The van der Waals surface area contributed by atoms with Crippen molar-refractivity contribution in [3.8, 4) is 5.75 Å². The van der Waals surface area contributed by atoms with Crippen LogP contribution in [-0.2, 0) is 19.7 Å². The van der Waals surface area contributed by atoms with Gasteiger partial charge in [0.1, 0.15) is 5.75 Å². The number of ether oxygens (including phenoxy) is 2. The molecule has 30 heavy (non-hydrogen) atoms. The van der Waals surface area contributed by atoms with Crippen LogP contribution in [0.1, 0.15) is 51.0 Å². The van der Waals surface area contributed by atoms with Crippen molar-refractivity contribution >= 4 is 17.6 Å². The average Bonchev–Trinajstić information content (AvgIpc) is 3.29. The first-order chi connectivity index (χ1) is 14.5. The molecule has 3 heterocycles. The van der Waals surface area contributed by atoms with Crippen molar-refractivity contribution in [2.45, 2.75) is 62.4 Å². The number of benzene rings is 1. The zero-order chi connectivity index (χ0) is 20.9. The number of esters is 1. The molecule has 5 atom stereocenters. The summed E-state index contributed by atoms with van der Waals surface area (Å²) in [6.45, 7) is 3.79. The summed E-state index contributed by atoms with van der Waals surface area (Å²) in [5, 5.41) is 0. The van der Waals surface area contributed by atoms with Gasteiger partial charge in [0.25, 0.3) is 0 Å². The standard InChI is InChI=1S/C24H30N2O4/c1-15(27)26-19-16(6-4-7-18(19)29-2)23-11-13-25-12-5-8-22(21(23)25)9-10-24(23,26)17(14-22)20(28)30-3/h4,6-7,17,21H,5,8-14H2,1-3H3. The highest BCUT2D eigenvalue weighted by atomic mass is 16.5. The van der Waals surface area contributed by atoms with Crippen molar-refractivity contribution in [1.29, 1.82) is 0 Å². The molecule has 3 aliphatic carbocycles. The predicted octanol–water partition coefficient (Wildman–Crippen LogP) is 2.88. The fourth-order valence-electron chi connectivity index (χ4n) is 8.89. The van der Waals surface area contributed by atoms with Crippen LogP contribution in [0.2, 0.25) is 0 Å². The van der Waals surface area contributed by atoms with E-state index >= 15 is 0 Å². The Morgan fingerprint density at radius 1 is 1.10 bits per heavy atom. The van der Waals surface area contributed by atoms with Gasteiger partial charge in [-0.25, -0.2) is 0 Å². The minimum atomic E-state index is -0.568. The highest BCUT2D eigenvalue weighted by Gasteiger charge is 2.81. The largest absolute Gasteiger partial charge is 0.495 e. The van der Waals surface area contributed by atoms with E-state index in [0.717, 1.165) is 50.2 Å². The van der Waals surface area contributed by atoms with Crippen LogP contribution in [-0.4, -0.2) is 55.7 Å². The van der Waals surface area contributed by atoms with E-state index in [1.54, 1.807) is 14.0 Å². The number of piperidine rings is 1. The number of rotatable bonds is 2. The number of para-hydroxylation sites is 1. The van der Waals surface area contributed by atoms with E-state index in [1.807, 2.05) is 11.0 Å². The van der Waals surface area contributed by atoms with Gasteiger partial charge in [-0.1, -0.05) is 12.1 Å². The van der Waals surface area contributed by atoms with E-state index in [1.165, 1.54) is 25.5 Å². The molecule has 3 aliphatic heterocycles.